The van der Waals surface area contributed by atoms with Crippen molar-refractivity contribution in [2.45, 2.75) is 31.7 Å². The Kier molecular flexibility index (Phi) is 6.05. The van der Waals surface area contributed by atoms with E-state index < -0.39 is 5.97 Å². The van der Waals surface area contributed by atoms with E-state index in [1.54, 1.807) is 16.3 Å². The van der Waals surface area contributed by atoms with E-state index in [0.717, 1.165) is 32.5 Å². The van der Waals surface area contributed by atoms with Crippen molar-refractivity contribution < 1.29 is 19.1 Å². The standard InChI is InChI=1S/C20H28N4O4S/c1-28-19(26)17-15(6-12-29-17)21-20(27)23-8-2-7-22(10-11-23)16-5-9-24(18(16)25)13-14-3-4-14/h6,12,14,16H,2-5,7-11,13H2,1H3,(H,21,27). The van der Waals surface area contributed by atoms with Gasteiger partial charge in [-0.25, -0.2) is 9.59 Å². The number of hydrogen-bond donors (Lipinski definition) is 1. The third kappa shape index (κ3) is 4.56. The summed E-state index contributed by atoms with van der Waals surface area (Å²) in [5.74, 6) is 0.525. The van der Waals surface area contributed by atoms with Crippen LogP contribution in [0.15, 0.2) is 11.4 Å². The van der Waals surface area contributed by atoms with E-state index in [9.17, 15) is 14.4 Å². The van der Waals surface area contributed by atoms with Crippen LogP contribution in [0.4, 0.5) is 10.5 Å². The van der Waals surface area contributed by atoms with Crippen LogP contribution in [0, 0.1) is 5.92 Å². The zero-order valence-electron chi connectivity index (χ0n) is 16.8. The Morgan fingerprint density at radius 1 is 1.17 bits per heavy atom. The summed E-state index contributed by atoms with van der Waals surface area (Å²) in [6, 6.07) is 1.45. The van der Waals surface area contributed by atoms with Gasteiger partial charge >= 0.3 is 12.0 Å². The molecule has 9 heteroatoms. The molecule has 1 aromatic rings. The molecule has 0 bridgehead atoms. The first kappa shape index (κ1) is 20.2. The van der Waals surface area contributed by atoms with Crippen LogP contribution < -0.4 is 5.32 Å². The van der Waals surface area contributed by atoms with Gasteiger partial charge in [-0.05, 0) is 43.0 Å². The number of hydrogen-bond acceptors (Lipinski definition) is 6. The Labute approximate surface area is 174 Å². The van der Waals surface area contributed by atoms with Crippen LogP contribution in [0.5, 0.6) is 0 Å². The number of thiophene rings is 1. The van der Waals surface area contributed by atoms with Crippen LogP contribution in [0.3, 0.4) is 0 Å². The smallest absolute Gasteiger partial charge is 0.350 e. The molecule has 1 aliphatic carbocycles. The van der Waals surface area contributed by atoms with Gasteiger partial charge in [0, 0.05) is 39.3 Å². The van der Waals surface area contributed by atoms with Crippen LogP contribution in [0.25, 0.3) is 0 Å². The summed E-state index contributed by atoms with van der Waals surface area (Å²) in [5, 5.41) is 4.59. The lowest BCUT2D eigenvalue weighted by atomic mass is 10.2. The van der Waals surface area contributed by atoms with Gasteiger partial charge in [0.15, 0.2) is 0 Å². The van der Waals surface area contributed by atoms with Gasteiger partial charge in [0.1, 0.15) is 4.88 Å². The molecule has 1 unspecified atom stereocenters. The average Bonchev–Trinajstić information content (AvgIpc) is 3.39. The van der Waals surface area contributed by atoms with Crippen molar-refractivity contribution in [3.8, 4) is 0 Å². The minimum Gasteiger partial charge on any atom is -0.465 e. The van der Waals surface area contributed by atoms with Crippen LogP contribution in [-0.4, -0.2) is 85.0 Å². The van der Waals surface area contributed by atoms with Crippen molar-refractivity contribution in [3.63, 3.8) is 0 Å². The van der Waals surface area contributed by atoms with Crippen molar-refractivity contribution in [2.24, 2.45) is 5.92 Å². The van der Waals surface area contributed by atoms with E-state index in [-0.39, 0.29) is 18.0 Å². The molecule has 0 radical (unpaired) electrons. The second kappa shape index (κ2) is 8.71. The zero-order valence-corrected chi connectivity index (χ0v) is 17.6. The summed E-state index contributed by atoms with van der Waals surface area (Å²) >= 11 is 1.24. The maximum atomic E-state index is 12.8. The molecule has 8 nitrogen and oxygen atoms in total. The van der Waals surface area contributed by atoms with Crippen LogP contribution in [-0.2, 0) is 9.53 Å². The summed E-state index contributed by atoms with van der Waals surface area (Å²) in [6.07, 6.45) is 4.22. The predicted octanol–water partition coefficient (Wildman–Crippen LogP) is 2.09. The molecule has 1 saturated carbocycles. The number of nitrogens with zero attached hydrogens (tertiary/aromatic N) is 3. The number of carbonyl (C=O) groups is 3. The summed E-state index contributed by atoms with van der Waals surface area (Å²) in [5.41, 5.74) is 0.481. The van der Waals surface area contributed by atoms with Crippen molar-refractivity contribution in [3.05, 3.63) is 16.3 Å². The Morgan fingerprint density at radius 2 is 2.00 bits per heavy atom. The third-order valence-electron chi connectivity index (χ3n) is 5.98. The SMILES string of the molecule is COC(=O)c1sccc1NC(=O)N1CCCN(C2CCN(CC3CC3)C2=O)CC1. The molecule has 1 atom stereocenters. The lowest BCUT2D eigenvalue weighted by molar-refractivity contribution is -0.132. The quantitative estimate of drug-likeness (QED) is 0.738. The molecule has 3 fully saturated rings. The monoisotopic (exact) mass is 420 g/mol. The number of methoxy groups -OCH3 is 1. The Morgan fingerprint density at radius 3 is 2.76 bits per heavy atom. The lowest BCUT2D eigenvalue weighted by Crippen LogP contribution is -2.44. The van der Waals surface area contributed by atoms with Crippen LogP contribution in [0.1, 0.15) is 35.4 Å². The maximum Gasteiger partial charge on any atom is 0.350 e. The van der Waals surface area contributed by atoms with Crippen LogP contribution >= 0.6 is 11.3 Å². The number of nitrogens with one attached hydrogen (secondary N) is 1. The molecular formula is C20H28N4O4S. The molecule has 0 spiro atoms. The van der Waals surface area contributed by atoms with Crippen molar-refractivity contribution in [2.75, 3.05) is 51.7 Å². The first-order valence-corrected chi connectivity index (χ1v) is 11.2. The van der Waals surface area contributed by atoms with E-state index in [2.05, 4.69) is 10.2 Å². The highest BCUT2D eigenvalue weighted by molar-refractivity contribution is 7.12. The van der Waals surface area contributed by atoms with Gasteiger partial charge in [0.05, 0.1) is 18.8 Å². The topological polar surface area (TPSA) is 82.2 Å². The van der Waals surface area contributed by atoms with Crippen molar-refractivity contribution in [1.82, 2.24) is 14.7 Å². The number of esters is 1. The maximum absolute atomic E-state index is 12.8. The van der Waals surface area contributed by atoms with E-state index >= 15 is 0 Å². The van der Waals surface area contributed by atoms with Gasteiger partial charge in [-0.15, -0.1) is 11.3 Å². The Balaban J connectivity index is 1.32. The minimum atomic E-state index is -0.451. The van der Waals surface area contributed by atoms with Crippen molar-refractivity contribution >= 4 is 34.9 Å². The second-order valence-corrected chi connectivity index (χ2v) is 8.91. The summed E-state index contributed by atoms with van der Waals surface area (Å²) in [7, 11) is 1.33. The summed E-state index contributed by atoms with van der Waals surface area (Å²) in [6.45, 7) is 4.48. The highest BCUT2D eigenvalue weighted by atomic mass is 32.1. The van der Waals surface area contributed by atoms with E-state index in [1.165, 1.54) is 31.3 Å². The first-order chi connectivity index (χ1) is 14.1. The number of ether oxygens (including phenoxy) is 1. The number of likely N-dealkylation sites (tertiary alicyclic amines) is 1. The molecule has 2 aliphatic heterocycles. The zero-order chi connectivity index (χ0) is 20.4. The number of anilines is 1. The molecule has 4 rings (SSSR count). The normalized spacial score (nSPS) is 23.2. The molecule has 3 aliphatic rings. The molecule has 3 amide bonds. The molecular weight excluding hydrogens is 392 g/mol. The van der Waals surface area contributed by atoms with Gasteiger partial charge in [0.2, 0.25) is 5.91 Å². The largest absolute Gasteiger partial charge is 0.465 e. The average molecular weight is 421 g/mol. The Hall–Kier alpha value is -2.13. The highest BCUT2D eigenvalue weighted by Crippen LogP contribution is 2.32. The predicted molar refractivity (Wildman–Crippen MR) is 110 cm³/mol. The minimum absolute atomic E-state index is 0.0421. The van der Waals surface area contributed by atoms with Crippen molar-refractivity contribution in [1.29, 1.82) is 0 Å². The van der Waals surface area contributed by atoms with E-state index in [4.69, 9.17) is 4.74 Å². The van der Waals surface area contributed by atoms with Gasteiger partial charge in [-0.1, -0.05) is 0 Å². The highest BCUT2D eigenvalue weighted by Gasteiger charge is 2.38. The Bertz CT molecular complexity index is 778. The number of amides is 3. The van der Waals surface area contributed by atoms with Gasteiger partial charge in [0.25, 0.3) is 0 Å². The molecule has 0 aromatic carbocycles. The molecule has 29 heavy (non-hydrogen) atoms. The number of rotatable bonds is 5. The van der Waals surface area contributed by atoms with Gasteiger partial charge in [-0.3, -0.25) is 9.69 Å². The fraction of sp³-hybridized carbons (Fsp3) is 0.650. The molecule has 1 aromatic heterocycles. The lowest BCUT2D eigenvalue weighted by Gasteiger charge is -2.26. The fourth-order valence-electron chi connectivity index (χ4n) is 4.16. The summed E-state index contributed by atoms with van der Waals surface area (Å²) in [4.78, 5) is 43.8. The second-order valence-electron chi connectivity index (χ2n) is 7.99. The fourth-order valence-corrected chi connectivity index (χ4v) is 4.93. The number of urea groups is 1. The molecule has 158 valence electrons. The third-order valence-corrected chi connectivity index (χ3v) is 6.88. The number of carbonyl (C=O) groups excluding carboxylic acids is 3. The van der Waals surface area contributed by atoms with E-state index in [0.29, 0.717) is 36.1 Å². The molecule has 3 heterocycles. The van der Waals surface area contributed by atoms with Crippen LogP contribution in [0.2, 0.25) is 0 Å². The summed E-state index contributed by atoms with van der Waals surface area (Å²) < 4.78 is 4.76. The van der Waals surface area contributed by atoms with Gasteiger partial charge in [-0.2, -0.15) is 0 Å². The van der Waals surface area contributed by atoms with Gasteiger partial charge < -0.3 is 19.9 Å². The molecule has 1 N–H and O–H groups in total. The molecule has 2 saturated heterocycles. The van der Waals surface area contributed by atoms with E-state index in [1.807, 2.05) is 4.90 Å². The first-order valence-electron chi connectivity index (χ1n) is 10.3.